The van der Waals surface area contributed by atoms with Gasteiger partial charge in [-0.25, -0.2) is 4.98 Å². The highest BCUT2D eigenvalue weighted by atomic mass is 16.6. The zero-order chi connectivity index (χ0) is 12.6. The van der Waals surface area contributed by atoms with Crippen molar-refractivity contribution in [2.75, 3.05) is 23.7 Å². The highest BCUT2D eigenvalue weighted by Crippen LogP contribution is 2.32. The van der Waals surface area contributed by atoms with E-state index < -0.39 is 4.92 Å². The number of nitrogen functional groups attached to an aromatic ring is 1. The van der Waals surface area contributed by atoms with Gasteiger partial charge in [0.2, 0.25) is 11.8 Å². The van der Waals surface area contributed by atoms with Gasteiger partial charge in [-0.3, -0.25) is 10.1 Å². The second-order valence-electron chi connectivity index (χ2n) is 4.44. The molecule has 0 saturated carbocycles. The Morgan fingerprint density at radius 3 is 2.76 bits per heavy atom. The highest BCUT2D eigenvalue weighted by molar-refractivity contribution is 5.62. The molecular weight excluding hydrogens is 222 g/mol. The first-order chi connectivity index (χ1) is 7.99. The van der Waals surface area contributed by atoms with Crippen LogP contribution >= 0.6 is 0 Å². The fraction of sp³-hybridized carbons (Fsp3) is 0.600. The molecule has 2 rings (SSSR count). The lowest BCUT2D eigenvalue weighted by molar-refractivity contribution is -0.385. The van der Waals surface area contributed by atoms with Crippen LogP contribution in [-0.4, -0.2) is 28.0 Å². The van der Waals surface area contributed by atoms with Crippen molar-refractivity contribution in [3.8, 4) is 0 Å². The third kappa shape index (κ3) is 2.13. The monoisotopic (exact) mass is 237 g/mol. The summed E-state index contributed by atoms with van der Waals surface area (Å²) in [5, 5.41) is 11.1. The van der Waals surface area contributed by atoms with Crippen LogP contribution in [0.4, 0.5) is 17.5 Å². The maximum absolute atomic E-state index is 11.1. The molecule has 1 unspecified atom stereocenters. The molecule has 2 heterocycles. The lowest BCUT2D eigenvalue weighted by Gasteiger charge is -2.17. The van der Waals surface area contributed by atoms with Crippen molar-refractivity contribution in [3.63, 3.8) is 0 Å². The topological polar surface area (TPSA) is 98.2 Å². The van der Waals surface area contributed by atoms with Crippen LogP contribution in [0.25, 0.3) is 0 Å². The van der Waals surface area contributed by atoms with E-state index in [4.69, 9.17) is 5.73 Å². The third-order valence-electron chi connectivity index (χ3n) is 2.96. The van der Waals surface area contributed by atoms with E-state index in [0.717, 1.165) is 19.5 Å². The molecule has 0 aromatic carbocycles. The summed E-state index contributed by atoms with van der Waals surface area (Å²) < 4.78 is 0. The van der Waals surface area contributed by atoms with Gasteiger partial charge < -0.3 is 10.6 Å². The summed E-state index contributed by atoms with van der Waals surface area (Å²) in [4.78, 5) is 20.4. The number of nitrogens with zero attached hydrogens (tertiary/aromatic N) is 4. The van der Waals surface area contributed by atoms with Crippen molar-refractivity contribution < 1.29 is 4.92 Å². The van der Waals surface area contributed by atoms with Gasteiger partial charge in [0.05, 0.1) is 4.92 Å². The normalized spacial score (nSPS) is 19.6. The molecule has 0 aliphatic carbocycles. The van der Waals surface area contributed by atoms with E-state index in [1.807, 2.05) is 4.90 Å². The molecule has 0 amide bonds. The Hall–Kier alpha value is -1.92. The van der Waals surface area contributed by atoms with E-state index in [2.05, 4.69) is 16.9 Å². The van der Waals surface area contributed by atoms with Crippen LogP contribution in [0.2, 0.25) is 0 Å². The molecule has 1 aromatic rings. The first-order valence-electron chi connectivity index (χ1n) is 5.52. The molecule has 17 heavy (non-hydrogen) atoms. The number of rotatable bonds is 2. The van der Waals surface area contributed by atoms with Crippen molar-refractivity contribution in [1.82, 2.24) is 9.97 Å². The molecule has 1 aliphatic heterocycles. The maximum atomic E-state index is 11.1. The summed E-state index contributed by atoms with van der Waals surface area (Å²) in [5.41, 5.74) is 5.84. The van der Waals surface area contributed by atoms with Crippen LogP contribution in [0.3, 0.4) is 0 Å². The summed E-state index contributed by atoms with van der Waals surface area (Å²) >= 11 is 0. The summed E-state index contributed by atoms with van der Waals surface area (Å²) in [7, 11) is 0. The van der Waals surface area contributed by atoms with Gasteiger partial charge in [-0.2, -0.15) is 4.98 Å². The highest BCUT2D eigenvalue weighted by Gasteiger charge is 2.29. The zero-order valence-electron chi connectivity index (χ0n) is 9.88. The number of aryl methyl sites for hydroxylation is 1. The average Bonchev–Trinajstić information content (AvgIpc) is 2.62. The molecule has 2 N–H and O–H groups in total. The Bertz CT molecular complexity index is 462. The molecule has 0 radical (unpaired) electrons. The summed E-state index contributed by atoms with van der Waals surface area (Å²) in [6, 6.07) is 0. The second kappa shape index (κ2) is 4.15. The predicted molar refractivity (Wildman–Crippen MR) is 63.8 cm³/mol. The average molecular weight is 237 g/mol. The van der Waals surface area contributed by atoms with Gasteiger partial charge >= 0.3 is 5.69 Å². The molecule has 92 valence electrons. The molecule has 1 aliphatic rings. The molecule has 0 spiro atoms. The van der Waals surface area contributed by atoms with E-state index in [-0.39, 0.29) is 11.6 Å². The Morgan fingerprint density at radius 1 is 1.53 bits per heavy atom. The molecular formula is C10H15N5O2. The predicted octanol–water partition coefficient (Wildman–Crippen LogP) is 1.12. The number of hydrogen-bond donors (Lipinski definition) is 1. The van der Waals surface area contributed by atoms with E-state index in [9.17, 15) is 10.1 Å². The number of nitrogens with two attached hydrogens (primary N) is 1. The van der Waals surface area contributed by atoms with Crippen molar-refractivity contribution in [3.05, 3.63) is 15.8 Å². The fourth-order valence-electron chi connectivity index (χ4n) is 2.13. The van der Waals surface area contributed by atoms with Gasteiger partial charge in [-0.05, 0) is 19.3 Å². The Morgan fingerprint density at radius 2 is 2.24 bits per heavy atom. The van der Waals surface area contributed by atoms with Gasteiger partial charge in [-0.1, -0.05) is 6.92 Å². The van der Waals surface area contributed by atoms with Crippen LogP contribution in [-0.2, 0) is 0 Å². The minimum atomic E-state index is -0.437. The third-order valence-corrected chi connectivity index (χ3v) is 2.96. The summed E-state index contributed by atoms with van der Waals surface area (Å²) in [6.07, 6.45) is 1.01. The number of aromatic nitrogens is 2. The van der Waals surface area contributed by atoms with Crippen LogP contribution in [0.5, 0.6) is 0 Å². The van der Waals surface area contributed by atoms with Crippen LogP contribution in [0.15, 0.2) is 0 Å². The lowest BCUT2D eigenvalue weighted by atomic mass is 10.2. The molecule has 7 nitrogen and oxygen atoms in total. The molecule has 1 aromatic heterocycles. The van der Waals surface area contributed by atoms with E-state index in [0.29, 0.717) is 17.4 Å². The van der Waals surface area contributed by atoms with E-state index >= 15 is 0 Å². The maximum Gasteiger partial charge on any atom is 0.332 e. The second-order valence-corrected chi connectivity index (χ2v) is 4.44. The zero-order valence-corrected chi connectivity index (χ0v) is 9.88. The van der Waals surface area contributed by atoms with Crippen LogP contribution in [0.1, 0.15) is 19.0 Å². The van der Waals surface area contributed by atoms with E-state index in [1.165, 1.54) is 0 Å². The SMILES string of the molecule is Cc1nc(N)nc(N2CCC(C)C2)c1[N+](=O)[O-]. The standard InChI is InChI=1S/C10H15N5O2/c1-6-3-4-14(5-6)9-8(15(16)17)7(2)12-10(11)13-9/h6H,3-5H2,1-2H3,(H2,11,12,13). The van der Waals surface area contributed by atoms with Crippen molar-refractivity contribution >= 4 is 17.5 Å². The molecule has 1 saturated heterocycles. The number of nitro groups is 1. The summed E-state index contributed by atoms with van der Waals surface area (Å²) in [6.45, 7) is 5.25. The van der Waals surface area contributed by atoms with Crippen molar-refractivity contribution in [2.45, 2.75) is 20.3 Å². The Labute approximate surface area is 98.8 Å². The van der Waals surface area contributed by atoms with Gasteiger partial charge in [-0.15, -0.1) is 0 Å². The largest absolute Gasteiger partial charge is 0.368 e. The molecule has 1 fully saturated rings. The van der Waals surface area contributed by atoms with Crippen LogP contribution in [0, 0.1) is 23.0 Å². The van der Waals surface area contributed by atoms with Gasteiger partial charge in [0, 0.05) is 13.1 Å². The minimum Gasteiger partial charge on any atom is -0.368 e. The molecule has 0 bridgehead atoms. The fourth-order valence-corrected chi connectivity index (χ4v) is 2.13. The Kier molecular flexibility index (Phi) is 2.83. The first-order valence-corrected chi connectivity index (χ1v) is 5.52. The van der Waals surface area contributed by atoms with Crippen LogP contribution < -0.4 is 10.6 Å². The first kappa shape index (κ1) is 11.6. The minimum absolute atomic E-state index is 0.0340. The molecule has 7 heteroatoms. The van der Waals surface area contributed by atoms with E-state index in [1.54, 1.807) is 6.92 Å². The molecule has 1 atom stereocenters. The van der Waals surface area contributed by atoms with Gasteiger partial charge in [0.15, 0.2) is 0 Å². The van der Waals surface area contributed by atoms with Gasteiger partial charge in [0.1, 0.15) is 5.69 Å². The number of hydrogen-bond acceptors (Lipinski definition) is 6. The lowest BCUT2D eigenvalue weighted by Crippen LogP contribution is -2.23. The van der Waals surface area contributed by atoms with Crippen molar-refractivity contribution in [2.24, 2.45) is 5.92 Å². The number of anilines is 2. The van der Waals surface area contributed by atoms with Crippen molar-refractivity contribution in [1.29, 1.82) is 0 Å². The van der Waals surface area contributed by atoms with Gasteiger partial charge in [0.25, 0.3) is 0 Å². The summed E-state index contributed by atoms with van der Waals surface area (Å²) in [5.74, 6) is 0.957. The smallest absolute Gasteiger partial charge is 0.332 e. The Balaban J connectivity index is 2.47. The quantitative estimate of drug-likeness (QED) is 0.611.